The van der Waals surface area contributed by atoms with Crippen molar-refractivity contribution in [3.05, 3.63) is 64.7 Å². The number of benzene rings is 2. The van der Waals surface area contributed by atoms with Gasteiger partial charge in [0.05, 0.1) is 11.3 Å². The van der Waals surface area contributed by atoms with Crippen molar-refractivity contribution >= 4 is 35.2 Å². The number of amides is 2. The number of unbranched alkanes of at least 4 members (excludes halogenated alkanes) is 3. The van der Waals surface area contributed by atoms with E-state index in [2.05, 4.69) is 43.3 Å². The summed E-state index contributed by atoms with van der Waals surface area (Å²) >= 11 is 7.58. The first-order valence-corrected chi connectivity index (χ1v) is 11.8. The van der Waals surface area contributed by atoms with Crippen LogP contribution in [0.15, 0.2) is 53.4 Å². The number of primary amides is 1. The lowest BCUT2D eigenvalue weighted by Gasteiger charge is -2.46. The number of halogens is 1. The quantitative estimate of drug-likeness (QED) is 0.382. The van der Waals surface area contributed by atoms with Gasteiger partial charge in [0.15, 0.2) is 0 Å². The standard InChI is InChI=1S/C24H29ClN2O2S/c1-17-7-13-20(14-8-17)30-24-21(16-22(26)28)23(29)27(24)15-5-3-2-4-6-18-9-11-19(25)12-10-18/h7-14,21,24H,2-6,15-16H2,1H3,(H2,26,28). The van der Waals surface area contributed by atoms with Crippen LogP contribution in [0.2, 0.25) is 5.02 Å². The van der Waals surface area contributed by atoms with Gasteiger partial charge in [0.1, 0.15) is 0 Å². The molecule has 0 saturated carbocycles. The van der Waals surface area contributed by atoms with Gasteiger partial charge in [-0.05, 0) is 56.0 Å². The van der Waals surface area contributed by atoms with Crippen LogP contribution in [0.25, 0.3) is 0 Å². The second-order valence-electron chi connectivity index (χ2n) is 7.92. The Kier molecular flexibility index (Phi) is 8.23. The molecule has 1 aliphatic heterocycles. The molecular weight excluding hydrogens is 416 g/mol. The van der Waals surface area contributed by atoms with Gasteiger partial charge >= 0.3 is 0 Å². The summed E-state index contributed by atoms with van der Waals surface area (Å²) in [6.45, 7) is 2.79. The Bertz CT molecular complexity index is 855. The fraction of sp³-hybridized carbons (Fsp3) is 0.417. The van der Waals surface area contributed by atoms with Gasteiger partial charge in [-0.2, -0.15) is 0 Å². The smallest absolute Gasteiger partial charge is 0.230 e. The van der Waals surface area contributed by atoms with E-state index < -0.39 is 5.91 Å². The summed E-state index contributed by atoms with van der Waals surface area (Å²) in [6, 6.07) is 16.3. The molecule has 160 valence electrons. The van der Waals surface area contributed by atoms with Crippen LogP contribution in [0, 0.1) is 12.8 Å². The van der Waals surface area contributed by atoms with Gasteiger partial charge in [-0.1, -0.05) is 54.3 Å². The summed E-state index contributed by atoms with van der Waals surface area (Å²) in [6.07, 6.45) is 5.49. The Morgan fingerprint density at radius 3 is 2.37 bits per heavy atom. The summed E-state index contributed by atoms with van der Waals surface area (Å²) in [7, 11) is 0. The molecule has 0 radical (unpaired) electrons. The molecule has 0 bridgehead atoms. The van der Waals surface area contributed by atoms with E-state index >= 15 is 0 Å². The predicted molar refractivity (Wildman–Crippen MR) is 123 cm³/mol. The second kappa shape index (κ2) is 10.9. The van der Waals surface area contributed by atoms with Crippen LogP contribution in [0.1, 0.15) is 43.2 Å². The summed E-state index contributed by atoms with van der Waals surface area (Å²) in [5, 5.41) is 0.757. The minimum atomic E-state index is -0.412. The molecular formula is C24H29ClN2O2S. The van der Waals surface area contributed by atoms with Crippen molar-refractivity contribution in [1.29, 1.82) is 0 Å². The highest BCUT2D eigenvalue weighted by Gasteiger charge is 2.47. The van der Waals surface area contributed by atoms with E-state index in [1.54, 1.807) is 11.8 Å². The largest absolute Gasteiger partial charge is 0.370 e. The Morgan fingerprint density at radius 1 is 1.03 bits per heavy atom. The number of likely N-dealkylation sites (tertiary alicyclic amines) is 1. The Labute approximate surface area is 188 Å². The molecule has 4 nitrogen and oxygen atoms in total. The summed E-state index contributed by atoms with van der Waals surface area (Å²) in [4.78, 5) is 27.0. The lowest BCUT2D eigenvalue weighted by Crippen LogP contribution is -2.60. The third-order valence-electron chi connectivity index (χ3n) is 5.48. The number of β-lactam (4-membered cyclic amide) rings is 1. The van der Waals surface area contributed by atoms with Crippen LogP contribution in [0.5, 0.6) is 0 Å². The highest BCUT2D eigenvalue weighted by molar-refractivity contribution is 8.00. The predicted octanol–water partition coefficient (Wildman–Crippen LogP) is 5.20. The average molecular weight is 445 g/mol. The molecule has 1 heterocycles. The zero-order chi connectivity index (χ0) is 21.5. The maximum absolute atomic E-state index is 12.6. The Balaban J connectivity index is 1.45. The van der Waals surface area contributed by atoms with E-state index in [4.69, 9.17) is 17.3 Å². The third kappa shape index (κ3) is 6.26. The number of carbonyl (C=O) groups excluding carboxylic acids is 2. The number of rotatable bonds is 11. The minimum Gasteiger partial charge on any atom is -0.370 e. The lowest BCUT2D eigenvalue weighted by atomic mass is 9.93. The van der Waals surface area contributed by atoms with Crippen molar-refractivity contribution in [3.8, 4) is 0 Å². The number of aryl methyl sites for hydroxylation is 2. The van der Waals surface area contributed by atoms with Gasteiger partial charge in [0, 0.05) is 22.9 Å². The number of hydrogen-bond donors (Lipinski definition) is 1. The highest BCUT2D eigenvalue weighted by Crippen LogP contribution is 2.41. The zero-order valence-corrected chi connectivity index (χ0v) is 18.9. The first kappa shape index (κ1) is 22.7. The van der Waals surface area contributed by atoms with Gasteiger partial charge in [0.25, 0.3) is 0 Å². The van der Waals surface area contributed by atoms with E-state index in [1.165, 1.54) is 11.1 Å². The van der Waals surface area contributed by atoms with E-state index in [0.29, 0.717) is 0 Å². The average Bonchev–Trinajstić information content (AvgIpc) is 2.73. The fourth-order valence-electron chi connectivity index (χ4n) is 3.76. The molecule has 0 spiro atoms. The van der Waals surface area contributed by atoms with E-state index in [9.17, 15) is 9.59 Å². The second-order valence-corrected chi connectivity index (χ2v) is 9.55. The summed E-state index contributed by atoms with van der Waals surface area (Å²) < 4.78 is 0. The van der Waals surface area contributed by atoms with Crippen molar-refractivity contribution in [1.82, 2.24) is 4.90 Å². The normalized spacial score (nSPS) is 18.3. The van der Waals surface area contributed by atoms with Gasteiger partial charge in [-0.15, -0.1) is 11.8 Å². The van der Waals surface area contributed by atoms with Crippen molar-refractivity contribution in [2.24, 2.45) is 11.7 Å². The molecule has 6 heteroatoms. The van der Waals surface area contributed by atoms with Crippen molar-refractivity contribution < 1.29 is 9.59 Å². The molecule has 2 unspecified atom stereocenters. The minimum absolute atomic E-state index is 0.0122. The Morgan fingerprint density at radius 2 is 1.70 bits per heavy atom. The molecule has 3 rings (SSSR count). The molecule has 1 saturated heterocycles. The number of hydrogen-bond acceptors (Lipinski definition) is 3. The van der Waals surface area contributed by atoms with Gasteiger partial charge in [0.2, 0.25) is 11.8 Å². The highest BCUT2D eigenvalue weighted by atomic mass is 35.5. The SMILES string of the molecule is Cc1ccc(SC2C(CC(N)=O)C(=O)N2CCCCCCc2ccc(Cl)cc2)cc1. The Hall–Kier alpha value is -1.98. The molecule has 1 fully saturated rings. The first-order chi connectivity index (χ1) is 14.4. The summed E-state index contributed by atoms with van der Waals surface area (Å²) in [5.74, 6) is -0.664. The maximum atomic E-state index is 12.6. The van der Waals surface area contributed by atoms with Crippen molar-refractivity contribution in [2.45, 2.75) is 55.7 Å². The molecule has 1 aliphatic rings. The van der Waals surface area contributed by atoms with Crippen molar-refractivity contribution in [3.63, 3.8) is 0 Å². The van der Waals surface area contributed by atoms with Crippen molar-refractivity contribution in [2.75, 3.05) is 6.54 Å². The molecule has 0 aromatic heterocycles. The molecule has 0 aliphatic carbocycles. The van der Waals surface area contributed by atoms with Crippen LogP contribution in [-0.2, 0) is 16.0 Å². The number of nitrogens with two attached hydrogens (primary N) is 1. The monoisotopic (exact) mass is 444 g/mol. The van der Waals surface area contributed by atoms with Crippen LogP contribution in [0.3, 0.4) is 0 Å². The maximum Gasteiger partial charge on any atom is 0.230 e. The number of nitrogens with zero attached hydrogens (tertiary/aromatic N) is 1. The fourth-order valence-corrected chi connectivity index (χ4v) is 5.17. The van der Waals surface area contributed by atoms with Gasteiger partial charge in [-0.3, -0.25) is 9.59 Å². The molecule has 2 aromatic carbocycles. The topological polar surface area (TPSA) is 63.4 Å². The van der Waals surface area contributed by atoms with Crippen LogP contribution >= 0.6 is 23.4 Å². The van der Waals surface area contributed by atoms with Gasteiger partial charge in [-0.25, -0.2) is 0 Å². The molecule has 2 atom stereocenters. The van der Waals surface area contributed by atoms with Crippen LogP contribution in [-0.4, -0.2) is 28.6 Å². The van der Waals surface area contributed by atoms with E-state index in [-0.39, 0.29) is 23.6 Å². The lowest BCUT2D eigenvalue weighted by molar-refractivity contribution is -0.152. The molecule has 2 aromatic rings. The summed E-state index contributed by atoms with van der Waals surface area (Å²) in [5.41, 5.74) is 7.88. The van der Waals surface area contributed by atoms with E-state index in [0.717, 1.165) is 48.6 Å². The molecule has 2 amide bonds. The van der Waals surface area contributed by atoms with Crippen LogP contribution in [0.4, 0.5) is 0 Å². The van der Waals surface area contributed by atoms with Crippen LogP contribution < -0.4 is 5.73 Å². The van der Waals surface area contributed by atoms with Gasteiger partial charge < -0.3 is 10.6 Å². The number of thioether (sulfide) groups is 1. The molecule has 2 N–H and O–H groups in total. The third-order valence-corrected chi connectivity index (χ3v) is 7.10. The number of carbonyl (C=O) groups is 2. The first-order valence-electron chi connectivity index (χ1n) is 10.5. The zero-order valence-electron chi connectivity index (χ0n) is 17.4. The molecule has 30 heavy (non-hydrogen) atoms. The van der Waals surface area contributed by atoms with E-state index in [1.807, 2.05) is 17.0 Å².